The van der Waals surface area contributed by atoms with E-state index >= 15 is 0 Å². The lowest BCUT2D eigenvalue weighted by molar-refractivity contribution is 0.0681. The molecule has 6 heteroatoms. The number of ether oxygens (including phenoxy) is 1. The number of nitrogens with zero attached hydrogens (tertiary/aromatic N) is 2. The van der Waals surface area contributed by atoms with Gasteiger partial charge in [0.15, 0.2) is 0 Å². The number of imidazole rings is 1. The molecule has 5 nitrogen and oxygen atoms in total. The minimum absolute atomic E-state index is 0.133. The Bertz CT molecular complexity index is 681. The number of fused-ring (bicyclic) bond motifs is 1. The number of hydrogen-bond acceptors (Lipinski definition) is 3. The SMILES string of the molecule is Cc1ncc(C(=O)O)n1CC1Cc2cc(F)ccc2O1. The van der Waals surface area contributed by atoms with E-state index in [-0.39, 0.29) is 17.6 Å². The van der Waals surface area contributed by atoms with Crippen LogP contribution in [0.4, 0.5) is 4.39 Å². The van der Waals surface area contributed by atoms with Crippen molar-refractivity contribution in [1.82, 2.24) is 9.55 Å². The van der Waals surface area contributed by atoms with E-state index in [0.29, 0.717) is 24.5 Å². The molecule has 0 bridgehead atoms. The van der Waals surface area contributed by atoms with Gasteiger partial charge in [0.05, 0.1) is 12.7 Å². The molecule has 0 radical (unpaired) electrons. The van der Waals surface area contributed by atoms with Crippen LogP contribution in [0.1, 0.15) is 21.9 Å². The third-order valence-electron chi connectivity index (χ3n) is 3.42. The fourth-order valence-electron chi connectivity index (χ4n) is 2.46. The minimum Gasteiger partial charge on any atom is -0.488 e. The standard InChI is InChI=1S/C14H13FN2O3/c1-8-16-6-12(14(18)19)17(8)7-11-5-9-4-10(15)2-3-13(9)20-11/h2-4,6,11H,5,7H2,1H3,(H,18,19). The van der Waals surface area contributed by atoms with Crippen LogP contribution >= 0.6 is 0 Å². The minimum atomic E-state index is -1.02. The zero-order chi connectivity index (χ0) is 14.3. The molecule has 1 aliphatic heterocycles. The highest BCUT2D eigenvalue weighted by molar-refractivity contribution is 5.85. The number of halogens is 1. The Kier molecular flexibility index (Phi) is 2.93. The van der Waals surface area contributed by atoms with Crippen LogP contribution in [0.2, 0.25) is 0 Å². The number of benzene rings is 1. The van der Waals surface area contributed by atoms with Crippen LogP contribution in [0.25, 0.3) is 0 Å². The maximum Gasteiger partial charge on any atom is 0.354 e. The third-order valence-corrected chi connectivity index (χ3v) is 3.42. The van der Waals surface area contributed by atoms with Crippen molar-refractivity contribution >= 4 is 5.97 Å². The summed E-state index contributed by atoms with van der Waals surface area (Å²) in [6.07, 6.45) is 1.68. The molecule has 1 aromatic carbocycles. The summed E-state index contributed by atoms with van der Waals surface area (Å²) in [5.74, 6) is -0.0376. The number of hydrogen-bond donors (Lipinski definition) is 1. The highest BCUT2D eigenvalue weighted by Gasteiger charge is 2.25. The smallest absolute Gasteiger partial charge is 0.354 e. The maximum atomic E-state index is 13.2. The van der Waals surface area contributed by atoms with E-state index in [1.807, 2.05) is 0 Å². The highest BCUT2D eigenvalue weighted by atomic mass is 19.1. The first kappa shape index (κ1) is 12.7. The molecule has 0 amide bonds. The van der Waals surface area contributed by atoms with Crippen LogP contribution in [-0.4, -0.2) is 26.7 Å². The lowest BCUT2D eigenvalue weighted by Crippen LogP contribution is -2.24. The summed E-state index contributed by atoms with van der Waals surface area (Å²) in [6.45, 7) is 2.12. The molecule has 0 saturated carbocycles. The molecule has 3 rings (SSSR count). The molecule has 1 atom stereocenters. The Morgan fingerprint density at radius 2 is 2.40 bits per heavy atom. The van der Waals surface area contributed by atoms with Gasteiger partial charge >= 0.3 is 5.97 Å². The van der Waals surface area contributed by atoms with Crippen LogP contribution in [-0.2, 0) is 13.0 Å². The second-order valence-electron chi connectivity index (χ2n) is 4.80. The van der Waals surface area contributed by atoms with E-state index in [1.165, 1.54) is 18.3 Å². The number of aromatic carboxylic acids is 1. The maximum absolute atomic E-state index is 13.2. The Hall–Kier alpha value is -2.37. The molecule has 0 fully saturated rings. The molecule has 0 saturated heterocycles. The Labute approximate surface area is 114 Å². The molecule has 0 spiro atoms. The molecule has 1 aliphatic rings. The molecule has 1 unspecified atom stereocenters. The average molecular weight is 276 g/mol. The molecule has 20 heavy (non-hydrogen) atoms. The summed E-state index contributed by atoms with van der Waals surface area (Å²) >= 11 is 0. The van der Waals surface area contributed by atoms with Crippen molar-refractivity contribution < 1.29 is 19.0 Å². The first-order chi connectivity index (χ1) is 9.54. The van der Waals surface area contributed by atoms with E-state index in [1.54, 1.807) is 17.6 Å². The molecule has 2 aromatic rings. The topological polar surface area (TPSA) is 64.3 Å². The van der Waals surface area contributed by atoms with Crippen LogP contribution in [0.3, 0.4) is 0 Å². The van der Waals surface area contributed by atoms with Crippen molar-refractivity contribution in [2.24, 2.45) is 0 Å². The second kappa shape index (κ2) is 4.63. The monoisotopic (exact) mass is 276 g/mol. The van der Waals surface area contributed by atoms with Crippen LogP contribution in [0, 0.1) is 12.7 Å². The summed E-state index contributed by atoms with van der Waals surface area (Å²) in [7, 11) is 0. The van der Waals surface area contributed by atoms with Crippen molar-refractivity contribution in [3.63, 3.8) is 0 Å². The molecular formula is C14H13FN2O3. The predicted molar refractivity (Wildman–Crippen MR) is 68.4 cm³/mol. The fourth-order valence-corrected chi connectivity index (χ4v) is 2.46. The van der Waals surface area contributed by atoms with E-state index in [9.17, 15) is 9.18 Å². The molecule has 1 aromatic heterocycles. The third kappa shape index (κ3) is 2.13. The van der Waals surface area contributed by atoms with Crippen molar-refractivity contribution in [1.29, 1.82) is 0 Å². The number of carbonyl (C=O) groups is 1. The van der Waals surface area contributed by atoms with Gasteiger partial charge in [0.2, 0.25) is 0 Å². The fraction of sp³-hybridized carbons (Fsp3) is 0.286. The quantitative estimate of drug-likeness (QED) is 0.931. The molecule has 0 aliphatic carbocycles. The Morgan fingerprint density at radius 3 is 3.15 bits per heavy atom. The summed E-state index contributed by atoms with van der Waals surface area (Å²) in [5.41, 5.74) is 0.942. The predicted octanol–water partition coefficient (Wildman–Crippen LogP) is 2.03. The van der Waals surface area contributed by atoms with Gasteiger partial charge in [-0.15, -0.1) is 0 Å². The van der Waals surface area contributed by atoms with Crippen molar-refractivity contribution in [3.8, 4) is 5.75 Å². The van der Waals surface area contributed by atoms with E-state index in [2.05, 4.69) is 4.98 Å². The molecule has 1 N–H and O–H groups in total. The first-order valence-electron chi connectivity index (χ1n) is 6.25. The van der Waals surface area contributed by atoms with Gasteiger partial charge in [-0.25, -0.2) is 14.2 Å². The Morgan fingerprint density at radius 1 is 1.60 bits per heavy atom. The van der Waals surface area contributed by atoms with Crippen LogP contribution in [0.15, 0.2) is 24.4 Å². The molecular weight excluding hydrogens is 263 g/mol. The second-order valence-corrected chi connectivity index (χ2v) is 4.80. The zero-order valence-corrected chi connectivity index (χ0v) is 10.8. The lowest BCUT2D eigenvalue weighted by Gasteiger charge is -2.14. The van der Waals surface area contributed by atoms with Gasteiger partial charge in [-0.05, 0) is 25.1 Å². The number of carboxylic acid groups (broad SMARTS) is 1. The number of rotatable bonds is 3. The largest absolute Gasteiger partial charge is 0.488 e. The summed E-state index contributed by atoms with van der Waals surface area (Å²) in [5, 5.41) is 9.11. The van der Waals surface area contributed by atoms with E-state index < -0.39 is 5.97 Å². The number of aryl methyl sites for hydroxylation is 1. The summed E-state index contributed by atoms with van der Waals surface area (Å²) < 4.78 is 20.5. The van der Waals surface area contributed by atoms with Gasteiger partial charge in [-0.1, -0.05) is 0 Å². The first-order valence-corrected chi connectivity index (χ1v) is 6.25. The van der Waals surface area contributed by atoms with Gasteiger partial charge in [0, 0.05) is 12.0 Å². The summed E-state index contributed by atoms with van der Waals surface area (Å²) in [6, 6.07) is 4.41. The Balaban J connectivity index is 1.81. The summed E-state index contributed by atoms with van der Waals surface area (Å²) in [4.78, 5) is 15.1. The van der Waals surface area contributed by atoms with E-state index in [0.717, 1.165) is 5.56 Å². The lowest BCUT2D eigenvalue weighted by atomic mass is 10.1. The van der Waals surface area contributed by atoms with Gasteiger partial charge < -0.3 is 14.4 Å². The van der Waals surface area contributed by atoms with Gasteiger partial charge in [-0.2, -0.15) is 0 Å². The zero-order valence-electron chi connectivity index (χ0n) is 10.8. The van der Waals surface area contributed by atoms with Crippen LogP contribution in [0.5, 0.6) is 5.75 Å². The van der Waals surface area contributed by atoms with Crippen molar-refractivity contribution in [3.05, 3.63) is 47.3 Å². The average Bonchev–Trinajstić information content (AvgIpc) is 2.93. The number of carboxylic acids is 1. The molecule has 104 valence electrons. The van der Waals surface area contributed by atoms with E-state index in [4.69, 9.17) is 9.84 Å². The highest BCUT2D eigenvalue weighted by Crippen LogP contribution is 2.30. The molecule has 2 heterocycles. The normalized spacial score (nSPS) is 16.8. The van der Waals surface area contributed by atoms with Gasteiger partial charge in [0.25, 0.3) is 0 Å². The van der Waals surface area contributed by atoms with Crippen LogP contribution < -0.4 is 4.74 Å². The van der Waals surface area contributed by atoms with Crippen molar-refractivity contribution in [2.45, 2.75) is 26.0 Å². The van der Waals surface area contributed by atoms with Crippen molar-refractivity contribution in [2.75, 3.05) is 0 Å². The van der Waals surface area contributed by atoms with Gasteiger partial charge in [-0.3, -0.25) is 0 Å². The number of aromatic nitrogens is 2. The van der Waals surface area contributed by atoms with Gasteiger partial charge in [0.1, 0.15) is 29.2 Å².